The summed E-state index contributed by atoms with van der Waals surface area (Å²) in [7, 11) is 0. The molecule has 0 saturated heterocycles. The van der Waals surface area contributed by atoms with E-state index in [1.807, 2.05) is 48.6 Å². The van der Waals surface area contributed by atoms with Gasteiger partial charge < -0.3 is 0 Å². The van der Waals surface area contributed by atoms with Crippen molar-refractivity contribution >= 4 is 23.1 Å². The van der Waals surface area contributed by atoms with Crippen LogP contribution in [-0.4, -0.2) is 15.2 Å². The molecule has 0 amide bonds. The molecule has 0 unspecified atom stereocenters. The van der Waals surface area contributed by atoms with Crippen molar-refractivity contribution in [2.75, 3.05) is 0 Å². The molecule has 1 N–H and O–H groups in total. The van der Waals surface area contributed by atoms with Crippen LogP contribution in [0.4, 0.5) is 8.78 Å². The third kappa shape index (κ3) is 3.37. The molecular formula is C21H15F2N3. The van der Waals surface area contributed by atoms with Crippen molar-refractivity contribution in [3.63, 3.8) is 0 Å². The standard InChI is InChI=1S/C21H15F2N3/c22-16-6-5-15(19(23)13-16)11-14-4-8-20-18(12-14)21(26-25-20)9-7-17-3-1-2-10-24-17/h1-10,12-13H,11H2,(H,25,26). The molecule has 0 aliphatic rings. The number of H-pyrrole nitrogens is 1. The second-order valence-electron chi connectivity index (χ2n) is 5.99. The Labute approximate surface area is 149 Å². The predicted octanol–water partition coefficient (Wildman–Crippen LogP) is 5.00. The van der Waals surface area contributed by atoms with Gasteiger partial charge in [-0.15, -0.1) is 0 Å². The minimum absolute atomic E-state index is 0.386. The van der Waals surface area contributed by atoms with Crippen molar-refractivity contribution in [2.45, 2.75) is 6.42 Å². The second kappa shape index (κ2) is 6.88. The number of halogens is 2. The van der Waals surface area contributed by atoms with Crippen LogP contribution in [0.15, 0.2) is 60.8 Å². The molecule has 4 rings (SSSR count). The van der Waals surface area contributed by atoms with Crippen LogP contribution in [0, 0.1) is 11.6 Å². The highest BCUT2D eigenvalue weighted by Gasteiger charge is 2.08. The molecule has 0 saturated carbocycles. The van der Waals surface area contributed by atoms with Crippen LogP contribution in [0.25, 0.3) is 23.1 Å². The maximum absolute atomic E-state index is 13.9. The topological polar surface area (TPSA) is 41.6 Å². The fraction of sp³-hybridized carbons (Fsp3) is 0.0476. The molecule has 0 aliphatic carbocycles. The van der Waals surface area contributed by atoms with E-state index in [9.17, 15) is 8.78 Å². The Bertz CT molecular complexity index is 1090. The summed E-state index contributed by atoms with van der Waals surface area (Å²) in [5.74, 6) is -1.11. The number of aromatic amines is 1. The van der Waals surface area contributed by atoms with Gasteiger partial charge in [0.05, 0.1) is 16.9 Å². The third-order valence-corrected chi connectivity index (χ3v) is 4.17. The summed E-state index contributed by atoms with van der Waals surface area (Å²) < 4.78 is 27.0. The molecule has 4 aromatic rings. The van der Waals surface area contributed by atoms with Crippen LogP contribution in [0.1, 0.15) is 22.5 Å². The maximum Gasteiger partial charge on any atom is 0.129 e. The van der Waals surface area contributed by atoms with Gasteiger partial charge in [-0.05, 0) is 53.6 Å². The molecule has 0 fully saturated rings. The molecule has 2 aromatic carbocycles. The first kappa shape index (κ1) is 16.1. The number of hydrogen-bond acceptors (Lipinski definition) is 2. The Kier molecular flexibility index (Phi) is 4.27. The van der Waals surface area contributed by atoms with Gasteiger partial charge in [-0.1, -0.05) is 18.2 Å². The van der Waals surface area contributed by atoms with E-state index in [0.29, 0.717) is 12.0 Å². The molecule has 128 valence electrons. The zero-order valence-corrected chi connectivity index (χ0v) is 13.8. The lowest BCUT2D eigenvalue weighted by atomic mass is 10.0. The number of aromatic nitrogens is 3. The van der Waals surface area contributed by atoms with Crippen molar-refractivity contribution in [3.8, 4) is 0 Å². The summed E-state index contributed by atoms with van der Waals surface area (Å²) in [6.45, 7) is 0. The van der Waals surface area contributed by atoms with Gasteiger partial charge in [-0.25, -0.2) is 8.78 Å². The van der Waals surface area contributed by atoms with Gasteiger partial charge in [0, 0.05) is 24.1 Å². The lowest BCUT2D eigenvalue weighted by Crippen LogP contribution is -1.93. The summed E-state index contributed by atoms with van der Waals surface area (Å²) in [5, 5.41) is 8.26. The van der Waals surface area contributed by atoms with Gasteiger partial charge in [0.25, 0.3) is 0 Å². The zero-order chi connectivity index (χ0) is 17.9. The lowest BCUT2D eigenvalue weighted by Gasteiger charge is -2.04. The molecule has 3 nitrogen and oxygen atoms in total. The van der Waals surface area contributed by atoms with E-state index in [0.717, 1.165) is 33.9 Å². The van der Waals surface area contributed by atoms with E-state index < -0.39 is 11.6 Å². The average Bonchev–Trinajstić information content (AvgIpc) is 3.05. The molecule has 5 heteroatoms. The summed E-state index contributed by atoms with van der Waals surface area (Å²) in [4.78, 5) is 4.25. The van der Waals surface area contributed by atoms with E-state index in [1.165, 1.54) is 12.1 Å². The van der Waals surface area contributed by atoms with Gasteiger partial charge in [0.2, 0.25) is 0 Å². The largest absolute Gasteiger partial charge is 0.277 e. The third-order valence-electron chi connectivity index (χ3n) is 4.17. The highest BCUT2D eigenvalue weighted by Crippen LogP contribution is 2.22. The van der Waals surface area contributed by atoms with Crippen LogP contribution in [0.3, 0.4) is 0 Å². The summed E-state index contributed by atoms with van der Waals surface area (Å²) in [6.07, 6.45) is 5.90. The molecule has 0 radical (unpaired) electrons. The first-order valence-corrected chi connectivity index (χ1v) is 8.19. The first-order valence-electron chi connectivity index (χ1n) is 8.19. The number of hydrogen-bond donors (Lipinski definition) is 1. The van der Waals surface area contributed by atoms with E-state index in [2.05, 4.69) is 15.2 Å². The summed E-state index contributed by atoms with van der Waals surface area (Å²) >= 11 is 0. The molecule has 26 heavy (non-hydrogen) atoms. The highest BCUT2D eigenvalue weighted by molar-refractivity contribution is 5.89. The smallest absolute Gasteiger partial charge is 0.129 e. The number of rotatable bonds is 4. The highest BCUT2D eigenvalue weighted by atomic mass is 19.1. The van der Waals surface area contributed by atoms with Gasteiger partial charge >= 0.3 is 0 Å². The van der Waals surface area contributed by atoms with Gasteiger partial charge in [-0.3, -0.25) is 10.1 Å². The molecule has 2 aromatic heterocycles. The van der Waals surface area contributed by atoms with Crippen molar-refractivity contribution < 1.29 is 8.78 Å². The minimum atomic E-state index is -0.571. The van der Waals surface area contributed by atoms with E-state index in [4.69, 9.17) is 0 Å². The second-order valence-corrected chi connectivity index (χ2v) is 5.99. The van der Waals surface area contributed by atoms with Crippen molar-refractivity contribution in [1.29, 1.82) is 0 Å². The maximum atomic E-state index is 13.9. The lowest BCUT2D eigenvalue weighted by molar-refractivity contribution is 0.574. The summed E-state index contributed by atoms with van der Waals surface area (Å²) in [5.41, 5.74) is 3.91. The van der Waals surface area contributed by atoms with Gasteiger partial charge in [0.1, 0.15) is 11.6 Å². The number of nitrogens with zero attached hydrogens (tertiary/aromatic N) is 2. The SMILES string of the molecule is Fc1ccc(Cc2ccc3[nH]nc(C=Cc4ccccn4)c3c2)c(F)c1. The molecular weight excluding hydrogens is 332 g/mol. The molecule has 0 spiro atoms. The number of fused-ring (bicyclic) bond motifs is 1. The molecule has 2 heterocycles. The Morgan fingerprint density at radius 3 is 2.69 bits per heavy atom. The zero-order valence-electron chi connectivity index (χ0n) is 13.8. The van der Waals surface area contributed by atoms with Crippen LogP contribution >= 0.6 is 0 Å². The first-order chi connectivity index (χ1) is 12.7. The van der Waals surface area contributed by atoms with Gasteiger partial charge in [0.15, 0.2) is 0 Å². The van der Waals surface area contributed by atoms with Gasteiger partial charge in [-0.2, -0.15) is 5.10 Å². The number of benzene rings is 2. The monoisotopic (exact) mass is 347 g/mol. The predicted molar refractivity (Wildman–Crippen MR) is 98.4 cm³/mol. The Balaban J connectivity index is 1.65. The van der Waals surface area contributed by atoms with Crippen LogP contribution in [0.5, 0.6) is 0 Å². The van der Waals surface area contributed by atoms with E-state index in [-0.39, 0.29) is 0 Å². The molecule has 0 bridgehead atoms. The Morgan fingerprint density at radius 1 is 0.962 bits per heavy atom. The van der Waals surface area contributed by atoms with E-state index in [1.54, 1.807) is 6.20 Å². The van der Waals surface area contributed by atoms with E-state index >= 15 is 0 Å². The Hall–Kier alpha value is -3.34. The average molecular weight is 347 g/mol. The van der Waals surface area contributed by atoms with Crippen molar-refractivity contribution in [2.24, 2.45) is 0 Å². The number of pyridine rings is 1. The molecule has 0 atom stereocenters. The van der Waals surface area contributed by atoms with Crippen LogP contribution in [-0.2, 0) is 6.42 Å². The summed E-state index contributed by atoms with van der Waals surface area (Å²) in [6, 6.07) is 15.2. The minimum Gasteiger partial charge on any atom is -0.277 e. The normalized spacial score (nSPS) is 11.5. The molecule has 0 aliphatic heterocycles. The van der Waals surface area contributed by atoms with Crippen LogP contribution in [0.2, 0.25) is 0 Å². The quantitative estimate of drug-likeness (QED) is 0.565. The number of nitrogens with one attached hydrogen (secondary N) is 1. The van der Waals surface area contributed by atoms with Crippen molar-refractivity contribution in [3.05, 3.63) is 94.9 Å². The Morgan fingerprint density at radius 2 is 1.88 bits per heavy atom. The van der Waals surface area contributed by atoms with Crippen LogP contribution < -0.4 is 0 Å². The fourth-order valence-electron chi connectivity index (χ4n) is 2.84. The van der Waals surface area contributed by atoms with Crippen molar-refractivity contribution in [1.82, 2.24) is 15.2 Å². The fourth-order valence-corrected chi connectivity index (χ4v) is 2.84.